The summed E-state index contributed by atoms with van der Waals surface area (Å²) in [5, 5.41) is 22.8. The van der Waals surface area contributed by atoms with Gasteiger partial charge in [0, 0.05) is 63.0 Å². The third kappa shape index (κ3) is 11.5. The maximum atomic E-state index is 15.1. The molecule has 3 fully saturated rings. The number of nitrogens with zero attached hydrogens (tertiary/aromatic N) is 6. The van der Waals surface area contributed by atoms with E-state index in [9.17, 15) is 24.3 Å². The molecule has 4 amide bonds. The number of aliphatic hydroxyl groups excluding tert-OH is 1. The molecule has 3 atom stereocenters. The van der Waals surface area contributed by atoms with E-state index in [1.807, 2.05) is 49.9 Å². The van der Waals surface area contributed by atoms with Crippen molar-refractivity contribution in [2.24, 2.45) is 0 Å². The standard InChI is InChI=1S/C45H56ClFN10O6S2/c1-27-36(64-26-51-27)29-9-7-28(8-10-29)23-49-39(59)34-22-31(58)25-57(34)41(61)37(53-42(62)45(47)13-14-45)44(2,3)65-20-6-15-55-16-18-56(19-17-55)40(60)30-11-12-33(35(21-30)63-5)52-43-50-24-32(46)38(48-4)54-43/h7-12,21,24,26,31,34,37,58H,6,13-20,22-23,25H2,1-5H3,(H,49,59)(H,53,62)(H2,48,50,52,54)/t31-,34-,37?/m1/s1. The Morgan fingerprint density at radius 3 is 2.49 bits per heavy atom. The summed E-state index contributed by atoms with van der Waals surface area (Å²) < 4.78 is 19.8. The van der Waals surface area contributed by atoms with Crippen molar-refractivity contribution < 1.29 is 33.4 Å². The number of aryl methyl sites for hydroxylation is 1. The zero-order chi connectivity index (χ0) is 46.5. The van der Waals surface area contributed by atoms with E-state index in [-0.39, 0.29) is 38.3 Å². The number of nitrogens with one attached hydrogen (secondary N) is 4. The fraction of sp³-hybridized carbons (Fsp3) is 0.489. The minimum atomic E-state index is -2.02. The first-order valence-corrected chi connectivity index (χ1v) is 23.9. The number of hydrogen-bond acceptors (Lipinski definition) is 14. The molecule has 2 aliphatic heterocycles. The molecule has 2 saturated heterocycles. The number of carbonyl (C=O) groups is 4. The van der Waals surface area contributed by atoms with Gasteiger partial charge < -0.3 is 40.9 Å². The van der Waals surface area contributed by atoms with Crippen LogP contribution in [-0.4, -0.2) is 146 Å². The van der Waals surface area contributed by atoms with Gasteiger partial charge in [-0.05, 0) is 81.7 Å². The maximum absolute atomic E-state index is 15.1. The number of amides is 4. The number of β-amino-alcohol motifs (C(OH)–C–C–N with tert-alkyl or cyclic N) is 1. The second-order valence-electron chi connectivity index (χ2n) is 17.1. The van der Waals surface area contributed by atoms with Crippen LogP contribution in [0.4, 0.5) is 21.8 Å². The Morgan fingerprint density at radius 1 is 1.09 bits per heavy atom. The van der Waals surface area contributed by atoms with Gasteiger partial charge in [-0.3, -0.25) is 24.1 Å². The zero-order valence-electron chi connectivity index (χ0n) is 37.2. The van der Waals surface area contributed by atoms with Crippen LogP contribution >= 0.6 is 34.7 Å². The number of halogens is 2. The minimum Gasteiger partial charge on any atom is -0.495 e. The van der Waals surface area contributed by atoms with Gasteiger partial charge in [-0.1, -0.05) is 35.9 Å². The number of benzene rings is 2. The first-order valence-electron chi connectivity index (χ1n) is 21.7. The molecule has 348 valence electrons. The Labute approximate surface area is 391 Å². The minimum absolute atomic E-state index is 0.0400. The molecule has 2 aromatic carbocycles. The van der Waals surface area contributed by atoms with Crippen molar-refractivity contribution >= 4 is 75.8 Å². The van der Waals surface area contributed by atoms with Crippen LogP contribution in [0.15, 0.2) is 54.2 Å². The van der Waals surface area contributed by atoms with Gasteiger partial charge in [0.05, 0.1) is 41.2 Å². The third-order valence-electron chi connectivity index (χ3n) is 12.0. The fourth-order valence-electron chi connectivity index (χ4n) is 7.98. The summed E-state index contributed by atoms with van der Waals surface area (Å²) in [6, 6.07) is 10.9. The SMILES string of the molecule is CNc1nc(Nc2ccc(C(=O)N3CCN(CCCSC(C)(C)C(NC(=O)C4(F)CC4)C(=O)N4C[C@H](O)C[C@@H]4C(=O)NCc4ccc(-c5scnc5C)cc4)CC3)cc2OC)ncc1Cl. The summed E-state index contributed by atoms with van der Waals surface area (Å²) in [6.45, 7) is 8.93. The van der Waals surface area contributed by atoms with Gasteiger partial charge in [-0.25, -0.2) is 14.4 Å². The van der Waals surface area contributed by atoms with E-state index in [1.165, 1.54) is 30.0 Å². The molecular formula is C45H56ClFN10O6S2. The molecule has 0 radical (unpaired) electrons. The largest absolute Gasteiger partial charge is 0.495 e. The van der Waals surface area contributed by atoms with E-state index in [4.69, 9.17) is 16.3 Å². The number of likely N-dealkylation sites (tertiary alicyclic amines) is 1. The molecule has 2 aromatic heterocycles. The van der Waals surface area contributed by atoms with Crippen molar-refractivity contribution in [2.45, 2.75) is 81.6 Å². The van der Waals surface area contributed by atoms with Crippen molar-refractivity contribution in [3.63, 3.8) is 0 Å². The number of ether oxygens (including phenoxy) is 1. The van der Waals surface area contributed by atoms with Crippen LogP contribution in [0.2, 0.25) is 5.02 Å². The molecule has 3 aliphatic rings. The molecule has 1 saturated carbocycles. The molecule has 4 heterocycles. The van der Waals surface area contributed by atoms with E-state index in [0.29, 0.717) is 65.7 Å². The Morgan fingerprint density at radius 2 is 1.83 bits per heavy atom. The summed E-state index contributed by atoms with van der Waals surface area (Å²) in [7, 11) is 3.24. The van der Waals surface area contributed by atoms with Gasteiger partial charge in [0.25, 0.3) is 11.8 Å². The van der Waals surface area contributed by atoms with Crippen LogP contribution in [-0.2, 0) is 20.9 Å². The van der Waals surface area contributed by atoms with Gasteiger partial charge in [-0.15, -0.1) is 11.3 Å². The normalized spacial score (nSPS) is 18.8. The summed E-state index contributed by atoms with van der Waals surface area (Å²) in [5.74, 6) is -0.0364. The Hall–Kier alpha value is -5.08. The van der Waals surface area contributed by atoms with Crippen molar-refractivity contribution in [3.8, 4) is 16.2 Å². The predicted octanol–water partition coefficient (Wildman–Crippen LogP) is 5.28. The van der Waals surface area contributed by atoms with Crippen LogP contribution in [0.3, 0.4) is 0 Å². The maximum Gasteiger partial charge on any atom is 0.258 e. The lowest BCUT2D eigenvalue weighted by molar-refractivity contribution is -0.143. The lowest BCUT2D eigenvalue weighted by atomic mass is 10.00. The molecule has 7 rings (SSSR count). The van der Waals surface area contributed by atoms with Crippen molar-refractivity contribution in [3.05, 3.63) is 76.0 Å². The van der Waals surface area contributed by atoms with Crippen molar-refractivity contribution in [2.75, 3.05) is 69.8 Å². The number of thioether (sulfide) groups is 1. The highest BCUT2D eigenvalue weighted by atomic mass is 35.5. The lowest BCUT2D eigenvalue weighted by Gasteiger charge is -2.38. The summed E-state index contributed by atoms with van der Waals surface area (Å²) >= 11 is 9.17. The average Bonchev–Trinajstić information content (AvgIpc) is 3.71. The smallest absolute Gasteiger partial charge is 0.258 e. The zero-order valence-corrected chi connectivity index (χ0v) is 39.5. The van der Waals surface area contributed by atoms with Gasteiger partial charge in [0.15, 0.2) is 5.67 Å². The molecule has 1 unspecified atom stereocenters. The Bertz CT molecular complexity index is 2360. The second kappa shape index (κ2) is 20.6. The van der Waals surface area contributed by atoms with Gasteiger partial charge in [0.1, 0.15) is 28.7 Å². The van der Waals surface area contributed by atoms with Crippen LogP contribution < -0.4 is 26.0 Å². The van der Waals surface area contributed by atoms with Gasteiger partial charge in [-0.2, -0.15) is 16.7 Å². The second-order valence-corrected chi connectivity index (χ2v) is 20.1. The number of aliphatic hydroxyl groups is 1. The lowest BCUT2D eigenvalue weighted by Crippen LogP contribution is -2.61. The molecule has 0 bridgehead atoms. The van der Waals surface area contributed by atoms with E-state index in [0.717, 1.165) is 34.7 Å². The van der Waals surface area contributed by atoms with Crippen LogP contribution in [0, 0.1) is 6.92 Å². The van der Waals surface area contributed by atoms with Gasteiger partial charge >= 0.3 is 0 Å². The average molecular weight is 952 g/mol. The molecule has 0 spiro atoms. The molecule has 1 aliphatic carbocycles. The van der Waals surface area contributed by atoms with Crippen LogP contribution in [0.25, 0.3) is 10.4 Å². The highest BCUT2D eigenvalue weighted by Crippen LogP contribution is 2.41. The number of thiazole rings is 1. The highest BCUT2D eigenvalue weighted by Gasteiger charge is 2.54. The summed E-state index contributed by atoms with van der Waals surface area (Å²) in [4.78, 5) is 74.2. The van der Waals surface area contributed by atoms with E-state index in [1.54, 1.807) is 42.1 Å². The number of piperazine rings is 1. The number of alkyl halides is 1. The Kier molecular flexibility index (Phi) is 15.2. The van der Waals surface area contributed by atoms with Crippen molar-refractivity contribution in [1.29, 1.82) is 0 Å². The summed E-state index contributed by atoms with van der Waals surface area (Å²) in [5.41, 5.74) is 3.70. The van der Waals surface area contributed by atoms with E-state index < -0.39 is 46.3 Å². The fourth-order valence-corrected chi connectivity index (χ4v) is 10.1. The first kappa shape index (κ1) is 47.9. The first-order chi connectivity index (χ1) is 31.1. The monoisotopic (exact) mass is 950 g/mol. The molecule has 5 N–H and O–H groups in total. The molecular weight excluding hydrogens is 895 g/mol. The van der Waals surface area contributed by atoms with Crippen molar-refractivity contribution in [1.82, 2.24) is 40.3 Å². The Balaban J connectivity index is 0.910. The highest BCUT2D eigenvalue weighted by molar-refractivity contribution is 8.00. The van der Waals surface area contributed by atoms with Crippen LogP contribution in [0.5, 0.6) is 5.75 Å². The molecule has 20 heteroatoms. The van der Waals surface area contributed by atoms with Crippen LogP contribution in [0.1, 0.15) is 61.1 Å². The number of carbonyl (C=O) groups excluding carboxylic acids is 4. The van der Waals surface area contributed by atoms with E-state index in [2.05, 4.69) is 41.1 Å². The van der Waals surface area contributed by atoms with Gasteiger partial charge in [0.2, 0.25) is 17.8 Å². The topological polar surface area (TPSA) is 194 Å². The number of aromatic nitrogens is 3. The van der Waals surface area contributed by atoms with E-state index >= 15 is 4.39 Å². The third-order valence-corrected chi connectivity index (χ3v) is 14.8. The summed E-state index contributed by atoms with van der Waals surface area (Å²) in [6.07, 6.45) is 1.51. The molecule has 4 aromatic rings. The number of rotatable bonds is 18. The number of hydrogen-bond donors (Lipinski definition) is 5. The predicted molar refractivity (Wildman–Crippen MR) is 252 cm³/mol. The number of anilines is 3. The molecule has 65 heavy (non-hydrogen) atoms. The quantitative estimate of drug-likeness (QED) is 0.0810. The number of methoxy groups -OCH3 is 1. The molecule has 16 nitrogen and oxygen atoms in total.